The van der Waals surface area contributed by atoms with Crippen LogP contribution in [-0.4, -0.2) is 34.5 Å². The largest absolute Gasteiger partial charge is 0.388 e. The molecule has 3 rings (SSSR count). The van der Waals surface area contributed by atoms with Crippen molar-refractivity contribution in [3.63, 3.8) is 0 Å². The predicted octanol–water partition coefficient (Wildman–Crippen LogP) is 3.43. The van der Waals surface area contributed by atoms with E-state index < -0.39 is 6.10 Å². The van der Waals surface area contributed by atoms with Crippen LogP contribution in [0.25, 0.3) is 0 Å². The van der Waals surface area contributed by atoms with Gasteiger partial charge in [0.2, 0.25) is 5.91 Å². The minimum absolute atomic E-state index is 0. The maximum absolute atomic E-state index is 13.1. The lowest BCUT2D eigenvalue weighted by Crippen LogP contribution is -2.46. The van der Waals surface area contributed by atoms with Crippen LogP contribution in [0, 0.1) is 5.92 Å². The Balaban J connectivity index is 0.00000225. The highest BCUT2D eigenvalue weighted by Crippen LogP contribution is 2.31. The molecule has 5 heteroatoms. The summed E-state index contributed by atoms with van der Waals surface area (Å²) in [6.07, 6.45) is 7.44. The molecule has 3 N–H and O–H groups in total. The van der Waals surface area contributed by atoms with Crippen molar-refractivity contribution in [2.24, 2.45) is 11.7 Å². The van der Waals surface area contributed by atoms with Crippen LogP contribution < -0.4 is 5.73 Å². The topological polar surface area (TPSA) is 66.6 Å². The number of halogens is 1. The van der Waals surface area contributed by atoms with Crippen molar-refractivity contribution in [2.75, 3.05) is 6.54 Å². The molecule has 1 heterocycles. The zero-order valence-corrected chi connectivity index (χ0v) is 15.7. The van der Waals surface area contributed by atoms with E-state index >= 15 is 0 Å². The number of rotatable bonds is 4. The van der Waals surface area contributed by atoms with Crippen molar-refractivity contribution in [2.45, 2.75) is 69.6 Å². The minimum Gasteiger partial charge on any atom is -0.388 e. The third-order valence-corrected chi connectivity index (χ3v) is 5.73. The number of aliphatic hydroxyl groups is 1. The molecule has 1 aliphatic heterocycles. The van der Waals surface area contributed by atoms with E-state index in [2.05, 4.69) is 0 Å². The van der Waals surface area contributed by atoms with Crippen LogP contribution in [-0.2, 0) is 4.79 Å². The Morgan fingerprint density at radius 1 is 1.12 bits per heavy atom. The number of aliphatic hydroxyl groups excluding tert-OH is 1. The Labute approximate surface area is 157 Å². The van der Waals surface area contributed by atoms with E-state index in [1.807, 2.05) is 35.2 Å². The van der Waals surface area contributed by atoms with Crippen molar-refractivity contribution >= 4 is 18.3 Å². The van der Waals surface area contributed by atoms with Crippen LogP contribution in [0.3, 0.4) is 0 Å². The van der Waals surface area contributed by atoms with Crippen LogP contribution in [0.2, 0.25) is 0 Å². The summed E-state index contributed by atoms with van der Waals surface area (Å²) in [5, 5.41) is 10.5. The van der Waals surface area contributed by atoms with Gasteiger partial charge in [0.05, 0.1) is 12.0 Å². The summed E-state index contributed by atoms with van der Waals surface area (Å²) in [5.74, 6) is 0.203. The molecule has 1 saturated heterocycles. The van der Waals surface area contributed by atoms with Crippen LogP contribution in [0.1, 0.15) is 63.0 Å². The van der Waals surface area contributed by atoms with Gasteiger partial charge in [0.15, 0.2) is 0 Å². The standard InChI is InChI=1S/C20H30N2O2.ClH/c21-18-12-6-2-5-11-17(18)20(24)22-13-7-10-16(22)14-19(23)15-8-3-1-4-9-15;/h1,3-4,8-9,16-19,23H,2,5-7,10-14,21H2;1H. The smallest absolute Gasteiger partial charge is 0.227 e. The first kappa shape index (κ1) is 20.2. The molecule has 0 bridgehead atoms. The molecule has 4 atom stereocenters. The summed E-state index contributed by atoms with van der Waals surface area (Å²) in [4.78, 5) is 15.1. The Morgan fingerprint density at radius 2 is 1.84 bits per heavy atom. The first-order chi connectivity index (χ1) is 11.7. The normalized spacial score (nSPS) is 28.1. The van der Waals surface area contributed by atoms with Gasteiger partial charge in [-0.3, -0.25) is 4.79 Å². The van der Waals surface area contributed by atoms with Gasteiger partial charge in [0.25, 0.3) is 0 Å². The maximum Gasteiger partial charge on any atom is 0.227 e. The Hall–Kier alpha value is -1.10. The van der Waals surface area contributed by atoms with Gasteiger partial charge in [0.1, 0.15) is 0 Å². The van der Waals surface area contributed by atoms with Crippen LogP contribution in [0.15, 0.2) is 30.3 Å². The highest BCUT2D eigenvalue weighted by atomic mass is 35.5. The van der Waals surface area contributed by atoms with Gasteiger partial charge in [-0.15, -0.1) is 12.4 Å². The fraction of sp³-hybridized carbons (Fsp3) is 0.650. The highest BCUT2D eigenvalue weighted by molar-refractivity contribution is 5.85. The summed E-state index contributed by atoms with van der Waals surface area (Å²) in [5.41, 5.74) is 7.22. The molecule has 4 unspecified atom stereocenters. The average Bonchev–Trinajstić information content (AvgIpc) is 2.95. The molecule has 140 valence electrons. The second-order valence-corrected chi connectivity index (χ2v) is 7.40. The van der Waals surface area contributed by atoms with E-state index in [9.17, 15) is 9.90 Å². The number of likely N-dealkylation sites (tertiary alicyclic amines) is 1. The predicted molar refractivity (Wildman–Crippen MR) is 103 cm³/mol. The molecule has 2 fully saturated rings. The van der Waals surface area contributed by atoms with Gasteiger partial charge in [-0.2, -0.15) is 0 Å². The Bertz CT molecular complexity index is 540. The van der Waals surface area contributed by atoms with Gasteiger partial charge in [-0.1, -0.05) is 49.6 Å². The van der Waals surface area contributed by atoms with E-state index in [4.69, 9.17) is 5.73 Å². The number of hydrogen-bond acceptors (Lipinski definition) is 3. The second kappa shape index (κ2) is 9.56. The lowest BCUT2D eigenvalue weighted by molar-refractivity contribution is -0.137. The summed E-state index contributed by atoms with van der Waals surface area (Å²) in [6, 6.07) is 9.89. The number of nitrogens with two attached hydrogens (primary N) is 1. The van der Waals surface area contributed by atoms with Crippen molar-refractivity contribution < 1.29 is 9.90 Å². The third kappa shape index (κ3) is 4.96. The number of nitrogens with zero attached hydrogens (tertiary/aromatic N) is 1. The van der Waals surface area contributed by atoms with Crippen molar-refractivity contribution in [3.05, 3.63) is 35.9 Å². The molecule has 1 aliphatic carbocycles. The number of hydrogen-bond donors (Lipinski definition) is 2. The minimum atomic E-state index is -0.507. The maximum atomic E-state index is 13.1. The molecule has 0 spiro atoms. The van der Waals surface area contributed by atoms with Gasteiger partial charge >= 0.3 is 0 Å². The Kier molecular flexibility index (Phi) is 7.73. The fourth-order valence-electron chi connectivity index (χ4n) is 4.30. The monoisotopic (exact) mass is 366 g/mol. The molecule has 25 heavy (non-hydrogen) atoms. The quantitative estimate of drug-likeness (QED) is 0.802. The van der Waals surface area contributed by atoms with Gasteiger partial charge < -0.3 is 15.7 Å². The van der Waals surface area contributed by atoms with Crippen LogP contribution in [0.4, 0.5) is 0 Å². The Morgan fingerprint density at radius 3 is 2.60 bits per heavy atom. The number of amides is 1. The van der Waals surface area contributed by atoms with Crippen LogP contribution in [0.5, 0.6) is 0 Å². The molecule has 0 radical (unpaired) electrons. The molecule has 1 saturated carbocycles. The lowest BCUT2D eigenvalue weighted by Gasteiger charge is -2.32. The summed E-state index contributed by atoms with van der Waals surface area (Å²) >= 11 is 0. The van der Waals surface area contributed by atoms with Gasteiger partial charge in [0, 0.05) is 18.6 Å². The summed E-state index contributed by atoms with van der Waals surface area (Å²) in [7, 11) is 0. The highest BCUT2D eigenvalue weighted by Gasteiger charge is 2.36. The third-order valence-electron chi connectivity index (χ3n) is 5.73. The summed E-state index contributed by atoms with van der Waals surface area (Å²) in [6.45, 7) is 0.814. The lowest BCUT2D eigenvalue weighted by atomic mass is 9.93. The molecule has 4 nitrogen and oxygen atoms in total. The zero-order valence-electron chi connectivity index (χ0n) is 14.8. The van der Waals surface area contributed by atoms with Crippen LogP contribution >= 0.6 is 12.4 Å². The van der Waals surface area contributed by atoms with E-state index in [0.29, 0.717) is 6.42 Å². The first-order valence-electron chi connectivity index (χ1n) is 9.46. The fourth-order valence-corrected chi connectivity index (χ4v) is 4.30. The van der Waals surface area contributed by atoms with Crippen molar-refractivity contribution in [1.29, 1.82) is 0 Å². The first-order valence-corrected chi connectivity index (χ1v) is 9.46. The molecule has 2 aliphatic rings. The molecule has 1 aromatic rings. The molecular formula is C20H31ClN2O2. The summed E-state index contributed by atoms with van der Waals surface area (Å²) < 4.78 is 0. The number of benzene rings is 1. The number of carbonyl (C=O) groups excluding carboxylic acids is 1. The SMILES string of the molecule is Cl.NC1CCCCCC1C(=O)N1CCCC1CC(O)c1ccccc1. The van der Waals surface area contributed by atoms with Gasteiger partial charge in [-0.05, 0) is 37.7 Å². The second-order valence-electron chi connectivity index (χ2n) is 7.40. The van der Waals surface area contributed by atoms with E-state index in [1.54, 1.807) is 0 Å². The van der Waals surface area contributed by atoms with E-state index in [0.717, 1.165) is 50.6 Å². The molecule has 1 aromatic carbocycles. The molecule has 1 amide bonds. The molecular weight excluding hydrogens is 336 g/mol. The molecule has 0 aromatic heterocycles. The number of carbonyl (C=O) groups is 1. The van der Waals surface area contributed by atoms with E-state index in [-0.39, 0.29) is 36.3 Å². The van der Waals surface area contributed by atoms with Crippen molar-refractivity contribution in [3.8, 4) is 0 Å². The average molecular weight is 367 g/mol. The van der Waals surface area contributed by atoms with Gasteiger partial charge in [-0.25, -0.2) is 0 Å². The van der Waals surface area contributed by atoms with Crippen molar-refractivity contribution in [1.82, 2.24) is 4.90 Å². The zero-order chi connectivity index (χ0) is 16.9. The van der Waals surface area contributed by atoms with E-state index in [1.165, 1.54) is 6.42 Å².